The number of hydrogen-bond donors (Lipinski definition) is 2. The molecule has 0 amide bonds. The van der Waals surface area contributed by atoms with Crippen molar-refractivity contribution in [3.05, 3.63) is 28.8 Å². The summed E-state index contributed by atoms with van der Waals surface area (Å²) in [5.41, 5.74) is 2.33. The molecule has 3 atom stereocenters. The third kappa shape index (κ3) is 3.73. The van der Waals surface area contributed by atoms with E-state index in [0.29, 0.717) is 12.1 Å². The second-order valence-electron chi connectivity index (χ2n) is 6.74. The van der Waals surface area contributed by atoms with Gasteiger partial charge in [0.25, 0.3) is 0 Å². The maximum atomic E-state index is 6.40. The Morgan fingerprint density at radius 2 is 1.90 bits per heavy atom. The second-order valence-corrected chi connectivity index (χ2v) is 7.15. The van der Waals surface area contributed by atoms with E-state index in [0.717, 1.165) is 16.6 Å². The van der Waals surface area contributed by atoms with Gasteiger partial charge in [-0.15, -0.1) is 0 Å². The summed E-state index contributed by atoms with van der Waals surface area (Å²) < 4.78 is 0. The first-order valence-corrected chi connectivity index (χ1v) is 8.88. The molecule has 0 radical (unpaired) electrons. The average Bonchev–Trinajstić information content (AvgIpc) is 2.51. The largest absolute Gasteiger partial charge is 0.381 e. The Balaban J connectivity index is 1.71. The summed E-state index contributed by atoms with van der Waals surface area (Å²) in [5.74, 6) is 0.747. The molecule has 0 spiro atoms. The molecule has 0 aromatic heterocycles. The van der Waals surface area contributed by atoms with Crippen LogP contribution in [0.2, 0.25) is 5.02 Å². The van der Waals surface area contributed by atoms with Crippen LogP contribution in [0, 0.1) is 12.8 Å². The number of anilines is 1. The van der Waals surface area contributed by atoms with E-state index in [1.54, 1.807) is 0 Å². The van der Waals surface area contributed by atoms with Crippen molar-refractivity contribution in [2.45, 2.75) is 64.0 Å². The van der Waals surface area contributed by atoms with Gasteiger partial charge in [0.1, 0.15) is 0 Å². The summed E-state index contributed by atoms with van der Waals surface area (Å²) in [6.45, 7) is 3.28. The first kappa shape index (κ1) is 15.2. The van der Waals surface area contributed by atoms with Crippen molar-refractivity contribution in [2.24, 2.45) is 5.92 Å². The van der Waals surface area contributed by atoms with Crippen LogP contribution in [-0.4, -0.2) is 18.6 Å². The minimum Gasteiger partial charge on any atom is -0.381 e. The van der Waals surface area contributed by atoms with Crippen LogP contribution in [0.5, 0.6) is 0 Å². The van der Waals surface area contributed by atoms with Crippen LogP contribution in [0.1, 0.15) is 50.5 Å². The Morgan fingerprint density at radius 3 is 2.67 bits per heavy atom. The van der Waals surface area contributed by atoms with Crippen LogP contribution in [0.25, 0.3) is 0 Å². The standard InChI is InChI=1S/C18H27ClN2/c1-13-9-10-18(15(19)12-13)21-17-8-3-2-6-14(17)16-7-4-5-11-20-16/h9-10,12,14,16-17,20-21H,2-8,11H2,1H3. The quantitative estimate of drug-likeness (QED) is 0.841. The Morgan fingerprint density at radius 1 is 1.10 bits per heavy atom. The lowest BCUT2D eigenvalue weighted by Gasteiger charge is -2.40. The summed E-state index contributed by atoms with van der Waals surface area (Å²) in [7, 11) is 0. The molecular weight excluding hydrogens is 280 g/mol. The molecule has 116 valence electrons. The normalized spacial score (nSPS) is 30.1. The minimum atomic E-state index is 0.564. The highest BCUT2D eigenvalue weighted by Crippen LogP contribution is 2.34. The number of aryl methyl sites for hydroxylation is 1. The molecule has 1 aromatic rings. The SMILES string of the molecule is Cc1ccc(NC2CCCCC2C2CCCCN2)c(Cl)c1. The molecule has 1 aliphatic heterocycles. The zero-order chi connectivity index (χ0) is 14.7. The van der Waals surface area contributed by atoms with Crippen LogP contribution >= 0.6 is 11.6 Å². The van der Waals surface area contributed by atoms with Gasteiger partial charge in [0.05, 0.1) is 10.7 Å². The number of benzene rings is 1. The highest BCUT2D eigenvalue weighted by Gasteiger charge is 2.32. The number of rotatable bonds is 3. The molecule has 2 aliphatic rings. The molecular formula is C18H27ClN2. The van der Waals surface area contributed by atoms with Crippen molar-refractivity contribution in [2.75, 3.05) is 11.9 Å². The lowest BCUT2D eigenvalue weighted by molar-refractivity contribution is 0.217. The summed E-state index contributed by atoms with van der Waals surface area (Å²) in [6.07, 6.45) is 9.39. The topological polar surface area (TPSA) is 24.1 Å². The minimum absolute atomic E-state index is 0.564. The maximum Gasteiger partial charge on any atom is 0.0640 e. The molecule has 0 bridgehead atoms. The summed E-state index contributed by atoms with van der Waals surface area (Å²) in [4.78, 5) is 0. The second kappa shape index (κ2) is 7.02. The van der Waals surface area contributed by atoms with Crippen molar-refractivity contribution in [3.8, 4) is 0 Å². The van der Waals surface area contributed by atoms with E-state index < -0.39 is 0 Å². The Bertz CT molecular complexity index is 468. The highest BCUT2D eigenvalue weighted by molar-refractivity contribution is 6.33. The summed E-state index contributed by atoms with van der Waals surface area (Å²) in [6, 6.07) is 7.60. The van der Waals surface area contributed by atoms with Gasteiger partial charge in [-0.1, -0.05) is 36.9 Å². The van der Waals surface area contributed by atoms with Crippen LogP contribution in [-0.2, 0) is 0 Å². The zero-order valence-corrected chi connectivity index (χ0v) is 13.8. The van der Waals surface area contributed by atoms with Gasteiger partial charge in [-0.25, -0.2) is 0 Å². The van der Waals surface area contributed by atoms with Gasteiger partial charge < -0.3 is 10.6 Å². The molecule has 21 heavy (non-hydrogen) atoms. The van der Waals surface area contributed by atoms with Crippen molar-refractivity contribution in [1.82, 2.24) is 5.32 Å². The lowest BCUT2D eigenvalue weighted by atomic mass is 9.77. The van der Waals surface area contributed by atoms with Gasteiger partial charge in [0, 0.05) is 12.1 Å². The molecule has 1 heterocycles. The Labute approximate surface area is 133 Å². The van der Waals surface area contributed by atoms with Crippen LogP contribution in [0.4, 0.5) is 5.69 Å². The molecule has 2 fully saturated rings. The van der Waals surface area contributed by atoms with E-state index in [2.05, 4.69) is 35.8 Å². The number of hydrogen-bond acceptors (Lipinski definition) is 2. The lowest BCUT2D eigenvalue weighted by Crippen LogP contribution is -2.48. The van der Waals surface area contributed by atoms with Crippen LogP contribution in [0.3, 0.4) is 0 Å². The highest BCUT2D eigenvalue weighted by atomic mass is 35.5. The van der Waals surface area contributed by atoms with Crippen molar-refractivity contribution >= 4 is 17.3 Å². The predicted molar refractivity (Wildman–Crippen MR) is 91.2 cm³/mol. The average molecular weight is 307 g/mol. The third-order valence-electron chi connectivity index (χ3n) is 5.15. The number of halogens is 1. The molecule has 1 saturated heterocycles. The smallest absolute Gasteiger partial charge is 0.0640 e. The first-order chi connectivity index (χ1) is 10.2. The Hall–Kier alpha value is -0.730. The maximum absolute atomic E-state index is 6.40. The molecule has 1 aliphatic carbocycles. The van der Waals surface area contributed by atoms with E-state index in [4.69, 9.17) is 11.6 Å². The number of nitrogens with one attached hydrogen (secondary N) is 2. The van der Waals surface area contributed by atoms with Crippen molar-refractivity contribution in [1.29, 1.82) is 0 Å². The molecule has 2 N–H and O–H groups in total. The van der Waals surface area contributed by atoms with E-state index in [9.17, 15) is 0 Å². The van der Waals surface area contributed by atoms with Gasteiger partial charge in [0.2, 0.25) is 0 Å². The van der Waals surface area contributed by atoms with Gasteiger partial charge >= 0.3 is 0 Å². The fourth-order valence-electron chi connectivity index (χ4n) is 4.00. The molecule has 3 rings (SSSR count). The van der Waals surface area contributed by atoms with Crippen LogP contribution in [0.15, 0.2) is 18.2 Å². The fourth-order valence-corrected chi connectivity index (χ4v) is 4.29. The first-order valence-electron chi connectivity index (χ1n) is 8.50. The van der Waals surface area contributed by atoms with E-state index >= 15 is 0 Å². The van der Waals surface area contributed by atoms with Gasteiger partial charge in [-0.05, 0) is 62.8 Å². The van der Waals surface area contributed by atoms with Crippen LogP contribution < -0.4 is 10.6 Å². The molecule has 1 saturated carbocycles. The number of piperidine rings is 1. The molecule has 1 aromatic carbocycles. The predicted octanol–water partition coefficient (Wildman–Crippen LogP) is 4.76. The van der Waals surface area contributed by atoms with E-state index in [1.165, 1.54) is 57.1 Å². The van der Waals surface area contributed by atoms with Crippen molar-refractivity contribution < 1.29 is 0 Å². The third-order valence-corrected chi connectivity index (χ3v) is 5.46. The van der Waals surface area contributed by atoms with Gasteiger partial charge in [-0.3, -0.25) is 0 Å². The Kier molecular flexibility index (Phi) is 5.07. The fraction of sp³-hybridized carbons (Fsp3) is 0.667. The van der Waals surface area contributed by atoms with Crippen molar-refractivity contribution in [3.63, 3.8) is 0 Å². The van der Waals surface area contributed by atoms with Gasteiger partial charge in [-0.2, -0.15) is 0 Å². The molecule has 3 unspecified atom stereocenters. The van der Waals surface area contributed by atoms with Gasteiger partial charge in [0.15, 0.2) is 0 Å². The zero-order valence-electron chi connectivity index (χ0n) is 13.0. The summed E-state index contributed by atoms with van der Waals surface area (Å²) in [5, 5.41) is 8.36. The van der Waals surface area contributed by atoms with E-state index in [-0.39, 0.29) is 0 Å². The molecule has 2 nitrogen and oxygen atoms in total. The van der Waals surface area contributed by atoms with E-state index in [1.807, 2.05) is 0 Å². The molecule has 3 heteroatoms. The summed E-state index contributed by atoms with van der Waals surface area (Å²) >= 11 is 6.40. The monoisotopic (exact) mass is 306 g/mol.